The van der Waals surface area contributed by atoms with Crippen molar-refractivity contribution in [1.82, 2.24) is 4.90 Å². The van der Waals surface area contributed by atoms with Crippen molar-refractivity contribution in [2.75, 3.05) is 26.3 Å². The van der Waals surface area contributed by atoms with Crippen molar-refractivity contribution in [1.29, 1.82) is 0 Å². The molecule has 2 atom stereocenters. The van der Waals surface area contributed by atoms with E-state index < -0.39 is 0 Å². The van der Waals surface area contributed by atoms with Crippen LogP contribution in [0.15, 0.2) is 65.8 Å². The number of ether oxygens (including phenoxy) is 1. The van der Waals surface area contributed by atoms with Crippen molar-refractivity contribution in [3.05, 3.63) is 71.8 Å². The van der Waals surface area contributed by atoms with E-state index >= 15 is 0 Å². The predicted molar refractivity (Wildman–Crippen MR) is 94.7 cm³/mol. The third-order valence-corrected chi connectivity index (χ3v) is 4.71. The van der Waals surface area contributed by atoms with Gasteiger partial charge in [-0.15, -0.1) is 0 Å². The van der Waals surface area contributed by atoms with Crippen molar-refractivity contribution in [3.8, 4) is 0 Å². The Hall–Kier alpha value is -2.50. The van der Waals surface area contributed by atoms with Gasteiger partial charge in [0.1, 0.15) is 6.04 Å². The number of hydrazone groups is 1. The second kappa shape index (κ2) is 7.17. The highest BCUT2D eigenvalue weighted by Crippen LogP contribution is 2.30. The van der Waals surface area contributed by atoms with Gasteiger partial charge in [0.25, 0.3) is 0 Å². The van der Waals surface area contributed by atoms with E-state index in [0.29, 0.717) is 13.2 Å². The van der Waals surface area contributed by atoms with Crippen molar-refractivity contribution < 1.29 is 14.5 Å². The molecule has 5 nitrogen and oxygen atoms in total. The highest BCUT2D eigenvalue weighted by atomic mass is 16.5. The molecule has 1 saturated heterocycles. The maximum absolute atomic E-state index is 12.7. The number of benzene rings is 2. The van der Waals surface area contributed by atoms with Gasteiger partial charge < -0.3 is 9.84 Å². The normalized spacial score (nSPS) is 25.9. The average molecular weight is 335 g/mol. The Kier molecular flexibility index (Phi) is 4.59. The second-order valence-electron chi connectivity index (χ2n) is 6.31. The highest BCUT2D eigenvalue weighted by molar-refractivity contribution is 5.81. The summed E-state index contributed by atoms with van der Waals surface area (Å²) in [5, 5.41) is 17.1. The molecule has 0 saturated carbocycles. The zero-order valence-corrected chi connectivity index (χ0v) is 14.0. The zero-order chi connectivity index (χ0) is 17.1. The molecule has 128 valence electrons. The monoisotopic (exact) mass is 335 g/mol. The van der Waals surface area contributed by atoms with E-state index in [2.05, 4.69) is 22.1 Å². The number of hydrogen-bond acceptors (Lipinski definition) is 4. The van der Waals surface area contributed by atoms with Gasteiger partial charge in [0.05, 0.1) is 19.1 Å². The van der Waals surface area contributed by atoms with Gasteiger partial charge >= 0.3 is 0 Å². The number of rotatable bonds is 3. The first kappa shape index (κ1) is 16.0. The lowest BCUT2D eigenvalue weighted by Crippen LogP contribution is -2.52. The van der Waals surface area contributed by atoms with E-state index in [0.717, 1.165) is 24.2 Å². The fourth-order valence-corrected chi connectivity index (χ4v) is 3.51. The largest absolute Gasteiger partial charge is 0.856 e. The van der Waals surface area contributed by atoms with Gasteiger partial charge in [0.15, 0.2) is 0 Å². The SMILES string of the molecule is [O-]C1=N/[N+](=C\c2ccccc2)[C@H](c2ccccc2)[C@H]1N1CCOCC1. The molecule has 0 aliphatic carbocycles. The standard InChI is InChI=1S/C20H21N3O2/c24-20-19(22-11-13-25-14-12-22)18(17-9-5-2-6-10-17)23(21-20)15-16-7-3-1-4-8-16/h1-10,15,18-19H,11-14H2/b23-15-/t18-,19-/m1/s1. The van der Waals surface area contributed by atoms with Gasteiger partial charge in [0.2, 0.25) is 12.3 Å². The van der Waals surface area contributed by atoms with Gasteiger partial charge in [-0.3, -0.25) is 4.90 Å². The van der Waals surface area contributed by atoms with E-state index in [1.54, 1.807) is 0 Å². The van der Waals surface area contributed by atoms with Crippen LogP contribution in [0.25, 0.3) is 0 Å². The van der Waals surface area contributed by atoms with Crippen molar-refractivity contribution >= 4 is 12.1 Å². The molecule has 0 N–H and O–H groups in total. The lowest BCUT2D eigenvalue weighted by Gasteiger charge is -2.34. The van der Waals surface area contributed by atoms with Crippen LogP contribution in [-0.4, -0.2) is 54.0 Å². The first-order valence-electron chi connectivity index (χ1n) is 8.63. The molecule has 0 aromatic heterocycles. The summed E-state index contributed by atoms with van der Waals surface area (Å²) >= 11 is 0. The van der Waals surface area contributed by atoms with Crippen LogP contribution in [0.4, 0.5) is 0 Å². The summed E-state index contributed by atoms with van der Waals surface area (Å²) in [6.07, 6.45) is 1.95. The minimum Gasteiger partial charge on any atom is -0.856 e. The Balaban J connectivity index is 1.74. The van der Waals surface area contributed by atoms with Gasteiger partial charge in [-0.25, -0.2) is 0 Å². The van der Waals surface area contributed by atoms with Crippen LogP contribution >= 0.6 is 0 Å². The summed E-state index contributed by atoms with van der Waals surface area (Å²) in [6.45, 7) is 2.84. The van der Waals surface area contributed by atoms with Crippen LogP contribution in [0.5, 0.6) is 0 Å². The van der Waals surface area contributed by atoms with E-state index in [4.69, 9.17) is 4.74 Å². The van der Waals surface area contributed by atoms with Crippen molar-refractivity contribution in [3.63, 3.8) is 0 Å². The zero-order valence-electron chi connectivity index (χ0n) is 14.0. The van der Waals surface area contributed by atoms with E-state index in [1.807, 2.05) is 59.4 Å². The molecule has 2 aliphatic heterocycles. The number of hydrogen-bond donors (Lipinski definition) is 0. The minimum atomic E-state index is -0.272. The summed E-state index contributed by atoms with van der Waals surface area (Å²) in [4.78, 5) is 2.20. The summed E-state index contributed by atoms with van der Waals surface area (Å²) in [5.41, 5.74) is 2.13. The number of nitrogens with zero attached hydrogens (tertiary/aromatic N) is 3. The molecule has 4 rings (SSSR count). The fourth-order valence-electron chi connectivity index (χ4n) is 3.51. The fraction of sp³-hybridized carbons (Fsp3) is 0.300. The maximum atomic E-state index is 12.7. The van der Waals surface area contributed by atoms with E-state index in [1.165, 1.54) is 0 Å². The third-order valence-electron chi connectivity index (χ3n) is 4.71. The molecular weight excluding hydrogens is 314 g/mol. The molecule has 0 bridgehead atoms. The summed E-state index contributed by atoms with van der Waals surface area (Å²) < 4.78 is 7.28. The topological polar surface area (TPSA) is 50.9 Å². The lowest BCUT2D eigenvalue weighted by atomic mass is 9.98. The minimum absolute atomic E-state index is 0.0806. The Morgan fingerprint density at radius 2 is 1.64 bits per heavy atom. The molecule has 25 heavy (non-hydrogen) atoms. The smallest absolute Gasteiger partial charge is 0.229 e. The predicted octanol–water partition coefficient (Wildman–Crippen LogP) is 1.25. The molecule has 2 aliphatic rings. The van der Waals surface area contributed by atoms with E-state index in [-0.39, 0.29) is 18.0 Å². The first-order valence-corrected chi connectivity index (χ1v) is 8.63. The Bertz CT molecular complexity index is 768. The molecular formula is C20H21N3O2. The molecule has 0 amide bonds. The highest BCUT2D eigenvalue weighted by Gasteiger charge is 2.43. The quantitative estimate of drug-likeness (QED) is 0.793. The molecule has 1 fully saturated rings. The second-order valence-corrected chi connectivity index (χ2v) is 6.31. The molecule has 0 unspecified atom stereocenters. The van der Waals surface area contributed by atoms with Gasteiger partial charge in [-0.1, -0.05) is 53.2 Å². The summed E-state index contributed by atoms with van der Waals surface area (Å²) in [6, 6.07) is 19.7. The van der Waals surface area contributed by atoms with Gasteiger partial charge in [-0.05, 0) is 17.2 Å². The van der Waals surface area contributed by atoms with E-state index in [9.17, 15) is 5.11 Å². The summed E-state index contributed by atoms with van der Waals surface area (Å²) in [5.74, 6) is -0.0806. The summed E-state index contributed by atoms with van der Waals surface area (Å²) in [7, 11) is 0. The molecule has 0 spiro atoms. The molecule has 0 radical (unpaired) electrons. The number of morpholine rings is 1. The van der Waals surface area contributed by atoms with Crippen molar-refractivity contribution in [2.24, 2.45) is 5.10 Å². The van der Waals surface area contributed by atoms with Gasteiger partial charge in [-0.2, -0.15) is 0 Å². The maximum Gasteiger partial charge on any atom is 0.229 e. The average Bonchev–Trinajstić information content (AvgIpc) is 2.99. The third kappa shape index (κ3) is 3.34. The van der Waals surface area contributed by atoms with Crippen LogP contribution in [0, 0.1) is 0 Å². The first-order chi connectivity index (χ1) is 12.3. The van der Waals surface area contributed by atoms with Crippen molar-refractivity contribution in [2.45, 2.75) is 12.1 Å². The van der Waals surface area contributed by atoms with Gasteiger partial charge in [0, 0.05) is 24.2 Å². The van der Waals surface area contributed by atoms with Crippen LogP contribution in [-0.2, 0) is 4.74 Å². The Morgan fingerprint density at radius 1 is 1.00 bits per heavy atom. The van der Waals surface area contributed by atoms with Crippen LogP contribution in [0.2, 0.25) is 0 Å². The molecule has 2 aromatic rings. The molecule has 5 heteroatoms. The van der Waals surface area contributed by atoms with Crippen LogP contribution in [0.1, 0.15) is 17.2 Å². The lowest BCUT2D eigenvalue weighted by molar-refractivity contribution is -0.568. The Labute approximate surface area is 147 Å². The van der Waals surface area contributed by atoms with Crippen LogP contribution in [0.3, 0.4) is 0 Å². The Morgan fingerprint density at radius 3 is 2.32 bits per heavy atom. The molecule has 2 heterocycles. The molecule has 2 aromatic carbocycles. The van der Waals surface area contributed by atoms with Crippen LogP contribution < -0.4 is 5.11 Å².